The second-order valence-electron chi connectivity index (χ2n) is 4.05. The van der Waals surface area contributed by atoms with Crippen LogP contribution in [0.2, 0.25) is 5.02 Å². The summed E-state index contributed by atoms with van der Waals surface area (Å²) in [5.41, 5.74) is 8.71. The van der Waals surface area contributed by atoms with E-state index in [1.54, 1.807) is 14.2 Å². The van der Waals surface area contributed by atoms with Gasteiger partial charge in [0, 0.05) is 17.1 Å². The maximum atomic E-state index is 6.00. The molecule has 19 heavy (non-hydrogen) atoms. The van der Waals surface area contributed by atoms with Crippen molar-refractivity contribution in [1.29, 1.82) is 0 Å². The van der Waals surface area contributed by atoms with Gasteiger partial charge in [-0.25, -0.2) is 0 Å². The minimum Gasteiger partial charge on any atom is -0.493 e. The first-order valence-corrected chi connectivity index (χ1v) is 6.29. The fourth-order valence-corrected chi connectivity index (χ4v) is 2.29. The first-order valence-electron chi connectivity index (χ1n) is 5.91. The van der Waals surface area contributed by atoms with E-state index in [0.717, 1.165) is 16.7 Å². The summed E-state index contributed by atoms with van der Waals surface area (Å²) in [4.78, 5) is 0. The lowest BCUT2D eigenvalue weighted by molar-refractivity contribution is 0.356. The van der Waals surface area contributed by atoms with Crippen LogP contribution in [-0.2, 0) is 6.54 Å². The van der Waals surface area contributed by atoms with Crippen molar-refractivity contribution in [2.75, 3.05) is 14.2 Å². The van der Waals surface area contributed by atoms with Crippen molar-refractivity contribution in [2.24, 2.45) is 5.73 Å². The Hall–Kier alpha value is -1.71. The minimum atomic E-state index is 0.413. The number of halogens is 1. The molecule has 2 N–H and O–H groups in total. The Bertz CT molecular complexity index is 584. The van der Waals surface area contributed by atoms with Gasteiger partial charge in [-0.2, -0.15) is 0 Å². The van der Waals surface area contributed by atoms with E-state index in [1.807, 2.05) is 36.4 Å². The number of benzene rings is 2. The predicted octanol–water partition coefficient (Wildman–Crippen LogP) is 3.48. The van der Waals surface area contributed by atoms with Crippen molar-refractivity contribution in [1.82, 2.24) is 0 Å². The summed E-state index contributed by atoms with van der Waals surface area (Å²) in [5.74, 6) is 1.39. The molecule has 0 aliphatic carbocycles. The van der Waals surface area contributed by atoms with E-state index in [1.165, 1.54) is 0 Å². The second kappa shape index (κ2) is 5.95. The monoisotopic (exact) mass is 277 g/mol. The van der Waals surface area contributed by atoms with Crippen LogP contribution in [-0.4, -0.2) is 14.2 Å². The van der Waals surface area contributed by atoms with Crippen LogP contribution >= 0.6 is 11.6 Å². The van der Waals surface area contributed by atoms with Crippen molar-refractivity contribution < 1.29 is 9.47 Å². The zero-order valence-corrected chi connectivity index (χ0v) is 11.7. The Labute approximate surface area is 117 Å². The molecule has 0 aliphatic heterocycles. The van der Waals surface area contributed by atoms with Gasteiger partial charge in [0.1, 0.15) is 0 Å². The van der Waals surface area contributed by atoms with Crippen molar-refractivity contribution in [2.45, 2.75) is 6.54 Å². The molecule has 2 rings (SSSR count). The van der Waals surface area contributed by atoms with Crippen molar-refractivity contribution in [3.05, 3.63) is 47.0 Å². The third-order valence-corrected chi connectivity index (χ3v) is 3.22. The molecule has 4 heteroatoms. The first kappa shape index (κ1) is 13.7. The lowest BCUT2D eigenvalue weighted by Gasteiger charge is -2.15. The smallest absolute Gasteiger partial charge is 0.168 e. The summed E-state index contributed by atoms with van der Waals surface area (Å²) in [6.07, 6.45) is 0. The molecule has 0 radical (unpaired) electrons. The lowest BCUT2D eigenvalue weighted by atomic mass is 9.98. The Morgan fingerprint density at radius 1 is 1.05 bits per heavy atom. The van der Waals surface area contributed by atoms with Gasteiger partial charge in [0.05, 0.1) is 14.2 Å². The van der Waals surface area contributed by atoms with Crippen LogP contribution in [0.5, 0.6) is 11.5 Å². The van der Waals surface area contributed by atoms with Crippen molar-refractivity contribution in [3.8, 4) is 22.6 Å². The van der Waals surface area contributed by atoms with Gasteiger partial charge >= 0.3 is 0 Å². The molecule has 0 aliphatic rings. The average Bonchev–Trinajstić information content (AvgIpc) is 2.46. The van der Waals surface area contributed by atoms with Crippen LogP contribution in [0.1, 0.15) is 5.56 Å². The van der Waals surface area contributed by atoms with E-state index >= 15 is 0 Å². The maximum absolute atomic E-state index is 6.00. The highest BCUT2D eigenvalue weighted by Gasteiger charge is 2.14. The highest BCUT2D eigenvalue weighted by molar-refractivity contribution is 6.30. The topological polar surface area (TPSA) is 44.5 Å². The minimum absolute atomic E-state index is 0.413. The van der Waals surface area contributed by atoms with E-state index in [0.29, 0.717) is 23.1 Å². The molecule has 0 heterocycles. The normalized spacial score (nSPS) is 10.3. The van der Waals surface area contributed by atoms with Crippen LogP contribution in [0.15, 0.2) is 36.4 Å². The van der Waals surface area contributed by atoms with Crippen LogP contribution in [0.4, 0.5) is 0 Å². The fraction of sp³-hybridized carbons (Fsp3) is 0.200. The maximum Gasteiger partial charge on any atom is 0.168 e. The van der Waals surface area contributed by atoms with Gasteiger partial charge in [0.25, 0.3) is 0 Å². The number of methoxy groups -OCH3 is 2. The van der Waals surface area contributed by atoms with E-state index < -0.39 is 0 Å². The van der Waals surface area contributed by atoms with Crippen molar-refractivity contribution in [3.63, 3.8) is 0 Å². The molecule has 0 saturated carbocycles. The molecule has 0 atom stereocenters. The van der Waals surface area contributed by atoms with E-state index in [2.05, 4.69) is 0 Å². The summed E-state index contributed by atoms with van der Waals surface area (Å²) >= 11 is 6.00. The van der Waals surface area contributed by atoms with Gasteiger partial charge in [-0.05, 0) is 29.3 Å². The molecule has 0 bridgehead atoms. The molecule has 0 saturated heterocycles. The van der Waals surface area contributed by atoms with E-state index in [-0.39, 0.29) is 0 Å². The molecular weight excluding hydrogens is 262 g/mol. The third kappa shape index (κ3) is 2.67. The molecule has 0 spiro atoms. The average molecular weight is 278 g/mol. The first-order chi connectivity index (χ1) is 9.21. The number of para-hydroxylation sites is 1. The molecule has 2 aromatic rings. The SMILES string of the molecule is COc1cccc(-c2ccc(Cl)cc2CN)c1OC. The Morgan fingerprint density at radius 3 is 2.47 bits per heavy atom. The molecular formula is C15H16ClNO2. The van der Waals surface area contributed by atoms with Crippen LogP contribution in [0.3, 0.4) is 0 Å². The summed E-state index contributed by atoms with van der Waals surface area (Å²) in [5, 5.41) is 0.672. The molecule has 0 amide bonds. The van der Waals surface area contributed by atoms with E-state index in [4.69, 9.17) is 26.8 Å². The lowest BCUT2D eigenvalue weighted by Crippen LogP contribution is -2.00. The number of ether oxygens (including phenoxy) is 2. The summed E-state index contributed by atoms with van der Waals surface area (Å²) in [7, 11) is 3.24. The van der Waals surface area contributed by atoms with Crippen LogP contribution < -0.4 is 15.2 Å². The molecule has 2 aromatic carbocycles. The Balaban J connectivity index is 2.65. The summed E-state index contributed by atoms with van der Waals surface area (Å²) in [6, 6.07) is 11.4. The number of hydrogen-bond donors (Lipinski definition) is 1. The highest BCUT2D eigenvalue weighted by Crippen LogP contribution is 2.39. The zero-order chi connectivity index (χ0) is 13.8. The van der Waals surface area contributed by atoms with Gasteiger partial charge in [-0.1, -0.05) is 29.8 Å². The zero-order valence-electron chi connectivity index (χ0n) is 10.9. The van der Waals surface area contributed by atoms with Gasteiger partial charge in [0.15, 0.2) is 11.5 Å². The van der Waals surface area contributed by atoms with Gasteiger partial charge in [-0.3, -0.25) is 0 Å². The quantitative estimate of drug-likeness (QED) is 0.930. The Morgan fingerprint density at radius 2 is 1.84 bits per heavy atom. The number of rotatable bonds is 4. The van der Waals surface area contributed by atoms with Crippen LogP contribution in [0, 0.1) is 0 Å². The molecule has 0 unspecified atom stereocenters. The third-order valence-electron chi connectivity index (χ3n) is 2.98. The van der Waals surface area contributed by atoms with Crippen molar-refractivity contribution >= 4 is 11.6 Å². The molecule has 0 fully saturated rings. The summed E-state index contributed by atoms with van der Waals surface area (Å²) < 4.78 is 10.8. The molecule has 0 aromatic heterocycles. The van der Waals surface area contributed by atoms with E-state index in [9.17, 15) is 0 Å². The largest absolute Gasteiger partial charge is 0.493 e. The molecule has 3 nitrogen and oxygen atoms in total. The predicted molar refractivity (Wildman–Crippen MR) is 77.9 cm³/mol. The Kier molecular flexibility index (Phi) is 4.30. The standard InChI is InChI=1S/C15H16ClNO2/c1-18-14-5-3-4-13(15(14)19-2)12-7-6-11(16)8-10(12)9-17/h3-8H,9,17H2,1-2H3. The highest BCUT2D eigenvalue weighted by atomic mass is 35.5. The fourth-order valence-electron chi connectivity index (χ4n) is 2.09. The second-order valence-corrected chi connectivity index (χ2v) is 4.48. The van der Waals surface area contributed by atoms with Gasteiger partial charge < -0.3 is 15.2 Å². The van der Waals surface area contributed by atoms with Gasteiger partial charge in [-0.15, -0.1) is 0 Å². The molecule has 100 valence electrons. The van der Waals surface area contributed by atoms with Gasteiger partial charge in [0.2, 0.25) is 0 Å². The number of hydrogen-bond acceptors (Lipinski definition) is 3. The van der Waals surface area contributed by atoms with Crippen LogP contribution in [0.25, 0.3) is 11.1 Å². The number of nitrogens with two attached hydrogens (primary N) is 1. The summed E-state index contributed by atoms with van der Waals surface area (Å²) in [6.45, 7) is 0.413.